The second-order valence-electron chi connectivity index (χ2n) is 7.36. The summed E-state index contributed by atoms with van der Waals surface area (Å²) < 4.78 is 5.99. The predicted molar refractivity (Wildman–Crippen MR) is 107 cm³/mol. The minimum Gasteiger partial charge on any atom is -0.481 e. The number of nitrogens with zero attached hydrogens (tertiary/aromatic N) is 1. The maximum atomic E-state index is 13.0. The summed E-state index contributed by atoms with van der Waals surface area (Å²) in [5, 5.41) is 9.92. The number of rotatable bonds is 6. The van der Waals surface area contributed by atoms with Gasteiger partial charge in [-0.05, 0) is 43.4 Å². The third-order valence-corrected chi connectivity index (χ3v) is 5.67. The van der Waals surface area contributed by atoms with E-state index < -0.39 is 17.5 Å². The van der Waals surface area contributed by atoms with Crippen LogP contribution in [0.5, 0.6) is 5.75 Å². The number of aryl methyl sites for hydroxylation is 1. The number of ether oxygens (including phenoxy) is 1. The Labute approximate surface area is 165 Å². The van der Waals surface area contributed by atoms with Gasteiger partial charge in [-0.25, -0.2) is 0 Å². The fourth-order valence-electron chi connectivity index (χ4n) is 3.85. The average Bonchev–Trinajstić information content (AvgIpc) is 2.73. The number of carboxylic acid groups (broad SMARTS) is 1. The first kappa shape index (κ1) is 19.9. The summed E-state index contributed by atoms with van der Waals surface area (Å²) in [6, 6.07) is 17.0. The number of aliphatic carboxylic acids is 1. The highest BCUT2D eigenvalue weighted by Gasteiger charge is 2.44. The van der Waals surface area contributed by atoms with Gasteiger partial charge in [0.15, 0.2) is 6.10 Å². The molecule has 0 aromatic heterocycles. The van der Waals surface area contributed by atoms with Gasteiger partial charge in [0.05, 0.1) is 5.41 Å². The molecule has 1 fully saturated rings. The molecule has 1 unspecified atom stereocenters. The van der Waals surface area contributed by atoms with E-state index in [1.807, 2.05) is 68.4 Å². The molecule has 1 saturated heterocycles. The van der Waals surface area contributed by atoms with Gasteiger partial charge >= 0.3 is 5.97 Å². The number of carboxylic acids is 1. The zero-order chi connectivity index (χ0) is 20.1. The summed E-state index contributed by atoms with van der Waals surface area (Å²) in [6.45, 7) is 4.70. The zero-order valence-electron chi connectivity index (χ0n) is 16.4. The standard InChI is InChI=1S/C23H27NO4/c1-3-19(28-20-12-8-7-9-17(20)2)21(25)24-15-13-23(14-16-24,22(26)27)18-10-5-4-6-11-18/h4-12,19H,3,13-16H2,1-2H3,(H,26,27). The zero-order valence-corrected chi connectivity index (χ0v) is 16.4. The van der Waals surface area contributed by atoms with Gasteiger partial charge in [-0.3, -0.25) is 9.59 Å². The smallest absolute Gasteiger partial charge is 0.314 e. The van der Waals surface area contributed by atoms with Crippen LogP contribution in [0.15, 0.2) is 54.6 Å². The van der Waals surface area contributed by atoms with E-state index in [4.69, 9.17) is 4.74 Å². The second-order valence-corrected chi connectivity index (χ2v) is 7.36. The van der Waals surface area contributed by atoms with E-state index in [1.54, 1.807) is 4.90 Å². The first-order valence-electron chi connectivity index (χ1n) is 9.78. The van der Waals surface area contributed by atoms with Crippen LogP contribution in [0.3, 0.4) is 0 Å². The molecule has 0 spiro atoms. The SMILES string of the molecule is CCC(Oc1ccccc1C)C(=O)N1CCC(C(=O)O)(c2ccccc2)CC1. The number of carbonyl (C=O) groups is 2. The third kappa shape index (κ3) is 3.88. The Hall–Kier alpha value is -2.82. The first-order chi connectivity index (χ1) is 13.5. The van der Waals surface area contributed by atoms with Gasteiger partial charge in [0.2, 0.25) is 0 Å². The molecule has 1 amide bonds. The Morgan fingerprint density at radius 2 is 1.68 bits per heavy atom. The molecule has 5 heteroatoms. The normalized spacial score (nSPS) is 17.0. The van der Waals surface area contributed by atoms with Crippen LogP contribution >= 0.6 is 0 Å². The molecule has 1 heterocycles. The number of amides is 1. The van der Waals surface area contributed by atoms with E-state index in [-0.39, 0.29) is 5.91 Å². The Morgan fingerprint density at radius 3 is 2.25 bits per heavy atom. The fraction of sp³-hybridized carbons (Fsp3) is 0.391. The van der Waals surface area contributed by atoms with Crippen molar-refractivity contribution in [3.05, 3.63) is 65.7 Å². The Kier molecular flexibility index (Phi) is 6.02. The van der Waals surface area contributed by atoms with E-state index in [1.165, 1.54) is 0 Å². The molecule has 1 atom stereocenters. The van der Waals surface area contributed by atoms with Gasteiger partial charge in [-0.1, -0.05) is 55.5 Å². The molecular weight excluding hydrogens is 354 g/mol. The molecule has 2 aromatic carbocycles. The number of likely N-dealkylation sites (tertiary alicyclic amines) is 1. The average molecular weight is 381 g/mol. The van der Waals surface area contributed by atoms with Crippen LogP contribution < -0.4 is 4.74 Å². The fourth-order valence-corrected chi connectivity index (χ4v) is 3.85. The highest BCUT2D eigenvalue weighted by Crippen LogP contribution is 2.36. The molecule has 5 nitrogen and oxygen atoms in total. The number of hydrogen-bond donors (Lipinski definition) is 1. The van der Waals surface area contributed by atoms with Crippen LogP contribution in [0.1, 0.15) is 37.3 Å². The van der Waals surface area contributed by atoms with Crippen LogP contribution in [-0.4, -0.2) is 41.1 Å². The lowest BCUT2D eigenvalue weighted by molar-refractivity contribution is -0.150. The lowest BCUT2D eigenvalue weighted by Crippen LogP contribution is -2.52. The van der Waals surface area contributed by atoms with Crippen LogP contribution in [-0.2, 0) is 15.0 Å². The third-order valence-electron chi connectivity index (χ3n) is 5.67. The Bertz CT molecular complexity index is 826. The van der Waals surface area contributed by atoms with Gasteiger partial charge in [-0.2, -0.15) is 0 Å². The van der Waals surface area contributed by atoms with E-state index in [0.717, 1.165) is 11.1 Å². The largest absolute Gasteiger partial charge is 0.481 e. The van der Waals surface area contributed by atoms with Crippen molar-refractivity contribution in [2.45, 2.75) is 44.6 Å². The summed E-state index contributed by atoms with van der Waals surface area (Å²) in [4.78, 5) is 26.9. The number of piperidine rings is 1. The van der Waals surface area contributed by atoms with Crippen molar-refractivity contribution in [2.24, 2.45) is 0 Å². The van der Waals surface area contributed by atoms with Crippen LogP contribution in [0.25, 0.3) is 0 Å². The second kappa shape index (κ2) is 8.46. The van der Waals surface area contributed by atoms with Crippen molar-refractivity contribution in [1.29, 1.82) is 0 Å². The lowest BCUT2D eigenvalue weighted by Gasteiger charge is -2.40. The van der Waals surface area contributed by atoms with Gasteiger partial charge in [0, 0.05) is 13.1 Å². The predicted octanol–water partition coefficient (Wildman–Crippen LogP) is 3.80. The minimum atomic E-state index is -0.934. The number of benzene rings is 2. The molecule has 1 N–H and O–H groups in total. The highest BCUT2D eigenvalue weighted by molar-refractivity contribution is 5.84. The monoisotopic (exact) mass is 381 g/mol. The van der Waals surface area contributed by atoms with Crippen LogP contribution in [0.2, 0.25) is 0 Å². The van der Waals surface area contributed by atoms with Gasteiger partial charge in [0.1, 0.15) is 5.75 Å². The number of para-hydroxylation sites is 1. The molecule has 0 aliphatic carbocycles. The Balaban J connectivity index is 1.71. The highest BCUT2D eigenvalue weighted by atomic mass is 16.5. The van der Waals surface area contributed by atoms with E-state index in [9.17, 15) is 14.7 Å². The quantitative estimate of drug-likeness (QED) is 0.827. The number of hydrogen-bond acceptors (Lipinski definition) is 3. The van der Waals surface area contributed by atoms with Crippen molar-refractivity contribution >= 4 is 11.9 Å². The topological polar surface area (TPSA) is 66.8 Å². The molecule has 2 aromatic rings. The summed E-state index contributed by atoms with van der Waals surface area (Å²) in [5.41, 5.74) is 0.857. The van der Waals surface area contributed by atoms with Crippen molar-refractivity contribution in [2.75, 3.05) is 13.1 Å². The molecule has 1 aliphatic heterocycles. The van der Waals surface area contributed by atoms with E-state index in [0.29, 0.717) is 38.1 Å². The van der Waals surface area contributed by atoms with Crippen molar-refractivity contribution < 1.29 is 19.4 Å². The molecule has 28 heavy (non-hydrogen) atoms. The molecule has 1 aliphatic rings. The minimum absolute atomic E-state index is 0.0715. The maximum absolute atomic E-state index is 13.0. The lowest BCUT2D eigenvalue weighted by atomic mass is 9.73. The van der Waals surface area contributed by atoms with Crippen molar-refractivity contribution in [1.82, 2.24) is 4.90 Å². The van der Waals surface area contributed by atoms with Crippen molar-refractivity contribution in [3.63, 3.8) is 0 Å². The molecular formula is C23H27NO4. The summed E-state index contributed by atoms with van der Waals surface area (Å²) in [6.07, 6.45) is 0.805. The van der Waals surface area contributed by atoms with Crippen LogP contribution in [0.4, 0.5) is 0 Å². The van der Waals surface area contributed by atoms with Gasteiger partial charge in [0.25, 0.3) is 5.91 Å². The summed E-state index contributed by atoms with van der Waals surface area (Å²) >= 11 is 0. The van der Waals surface area contributed by atoms with E-state index in [2.05, 4.69) is 0 Å². The number of carbonyl (C=O) groups excluding carboxylic acids is 1. The molecule has 0 bridgehead atoms. The van der Waals surface area contributed by atoms with E-state index >= 15 is 0 Å². The molecule has 0 radical (unpaired) electrons. The molecule has 3 rings (SSSR count). The Morgan fingerprint density at radius 1 is 1.07 bits per heavy atom. The molecule has 0 saturated carbocycles. The van der Waals surface area contributed by atoms with Gasteiger partial charge < -0.3 is 14.7 Å². The molecule has 148 valence electrons. The van der Waals surface area contributed by atoms with Crippen LogP contribution in [0, 0.1) is 6.92 Å². The summed E-state index contributed by atoms with van der Waals surface area (Å²) in [7, 11) is 0. The van der Waals surface area contributed by atoms with Crippen molar-refractivity contribution in [3.8, 4) is 5.75 Å². The maximum Gasteiger partial charge on any atom is 0.314 e. The first-order valence-corrected chi connectivity index (χ1v) is 9.78. The summed E-state index contributed by atoms with van der Waals surface area (Å²) in [5.74, 6) is -0.185. The van der Waals surface area contributed by atoms with Gasteiger partial charge in [-0.15, -0.1) is 0 Å².